The molecule has 0 aliphatic rings. The summed E-state index contributed by atoms with van der Waals surface area (Å²) in [6, 6.07) is 1.72. The molecule has 6 heavy (non-hydrogen) atoms. The molecule has 0 fully saturated rings. The summed E-state index contributed by atoms with van der Waals surface area (Å²) in [4.78, 5) is 0. The summed E-state index contributed by atoms with van der Waals surface area (Å²) in [5, 5.41) is 3.40. The highest BCUT2D eigenvalue weighted by Crippen LogP contribution is 2.03. The third kappa shape index (κ3) is 0.597. The summed E-state index contributed by atoms with van der Waals surface area (Å²) < 4.78 is 5.17. The number of rotatable bonds is 0. The van der Waals surface area contributed by atoms with Crippen LogP contribution in [0.25, 0.3) is 0 Å². The first-order valence-electron chi connectivity index (χ1n) is 1.46. The van der Waals surface area contributed by atoms with Gasteiger partial charge in [-0.2, -0.15) is 0 Å². The topological polar surface area (TPSA) is 26.0 Å². The third-order valence-electron chi connectivity index (χ3n) is 0.406. The van der Waals surface area contributed by atoms with Gasteiger partial charge in [-0.3, -0.25) is 0 Å². The SMILES string of the molecule is Brc1ccno1. The molecule has 0 unspecified atom stereocenters. The lowest BCUT2D eigenvalue weighted by Gasteiger charge is -1.62. The Balaban J connectivity index is 3.05. The van der Waals surface area contributed by atoms with Crippen molar-refractivity contribution in [3.63, 3.8) is 0 Å². The molecule has 3 heteroatoms. The maximum absolute atomic E-state index is 4.50. The zero-order chi connectivity index (χ0) is 4.41. The van der Waals surface area contributed by atoms with Crippen LogP contribution in [0.1, 0.15) is 0 Å². The minimum Gasteiger partial charge on any atom is -0.349 e. The molecule has 0 saturated heterocycles. The first-order chi connectivity index (χ1) is 2.89. The molecule has 0 atom stereocenters. The second kappa shape index (κ2) is 1.43. The van der Waals surface area contributed by atoms with Crippen LogP contribution in [0.3, 0.4) is 0 Å². The average molecular weight is 148 g/mol. The van der Waals surface area contributed by atoms with Crippen LogP contribution in [-0.4, -0.2) is 5.16 Å². The molecule has 0 aromatic carbocycles. The van der Waals surface area contributed by atoms with Gasteiger partial charge >= 0.3 is 0 Å². The summed E-state index contributed by atoms with van der Waals surface area (Å²) in [5.74, 6) is 0. The second-order valence-corrected chi connectivity index (χ2v) is 1.60. The van der Waals surface area contributed by atoms with Crippen molar-refractivity contribution in [2.45, 2.75) is 0 Å². The maximum Gasteiger partial charge on any atom is 0.201 e. The Bertz CT molecular complexity index is 114. The van der Waals surface area contributed by atoms with Crippen LogP contribution in [0.4, 0.5) is 0 Å². The van der Waals surface area contributed by atoms with Crippen molar-refractivity contribution in [2.75, 3.05) is 0 Å². The Morgan fingerprint density at radius 1 is 1.83 bits per heavy atom. The van der Waals surface area contributed by atoms with Gasteiger partial charge in [0.25, 0.3) is 0 Å². The smallest absolute Gasteiger partial charge is 0.201 e. The molecule has 1 heterocycles. The zero-order valence-corrected chi connectivity index (χ0v) is 4.47. The fraction of sp³-hybridized carbons (Fsp3) is 0. The largest absolute Gasteiger partial charge is 0.349 e. The Hall–Kier alpha value is -0.310. The minimum absolute atomic E-state index is 0.669. The van der Waals surface area contributed by atoms with Gasteiger partial charge < -0.3 is 4.52 Å². The Labute approximate surface area is 43.3 Å². The monoisotopic (exact) mass is 147 g/mol. The molecule has 1 rings (SSSR count). The molecule has 0 aliphatic carbocycles. The molecule has 0 radical (unpaired) electrons. The predicted molar refractivity (Wildman–Crippen MR) is 24.2 cm³/mol. The summed E-state index contributed by atoms with van der Waals surface area (Å²) in [6.45, 7) is 0. The molecule has 1 aromatic heterocycles. The van der Waals surface area contributed by atoms with E-state index in [0.717, 1.165) is 0 Å². The van der Waals surface area contributed by atoms with Crippen LogP contribution in [0.5, 0.6) is 0 Å². The van der Waals surface area contributed by atoms with Crippen LogP contribution < -0.4 is 0 Å². The molecule has 32 valence electrons. The highest BCUT2D eigenvalue weighted by atomic mass is 79.9. The van der Waals surface area contributed by atoms with E-state index in [4.69, 9.17) is 0 Å². The maximum atomic E-state index is 4.50. The molecular formula is C3H2BrNO. The lowest BCUT2D eigenvalue weighted by Crippen LogP contribution is -1.42. The van der Waals surface area contributed by atoms with E-state index in [0.29, 0.717) is 4.67 Å². The van der Waals surface area contributed by atoms with Crippen molar-refractivity contribution in [1.82, 2.24) is 5.16 Å². The van der Waals surface area contributed by atoms with Crippen LogP contribution in [-0.2, 0) is 0 Å². The molecule has 2 nitrogen and oxygen atoms in total. The molecule has 0 bridgehead atoms. The van der Waals surface area contributed by atoms with E-state index in [-0.39, 0.29) is 0 Å². The predicted octanol–water partition coefficient (Wildman–Crippen LogP) is 1.44. The minimum atomic E-state index is 0.669. The summed E-state index contributed by atoms with van der Waals surface area (Å²) in [7, 11) is 0. The van der Waals surface area contributed by atoms with Crippen LogP contribution in [0.15, 0.2) is 21.5 Å². The number of hydrogen-bond donors (Lipinski definition) is 0. The molecular weight excluding hydrogens is 146 g/mol. The highest BCUT2D eigenvalue weighted by molar-refractivity contribution is 9.10. The van der Waals surface area contributed by atoms with E-state index in [1.54, 1.807) is 12.3 Å². The average Bonchev–Trinajstić information content (AvgIpc) is 1.86. The van der Waals surface area contributed by atoms with E-state index < -0.39 is 0 Å². The van der Waals surface area contributed by atoms with E-state index >= 15 is 0 Å². The number of nitrogens with zero attached hydrogens (tertiary/aromatic N) is 1. The van der Waals surface area contributed by atoms with Crippen molar-refractivity contribution in [2.24, 2.45) is 0 Å². The number of aromatic nitrogens is 1. The molecule has 0 amide bonds. The van der Waals surface area contributed by atoms with Crippen molar-refractivity contribution >= 4 is 15.9 Å². The molecule has 1 aromatic rings. The van der Waals surface area contributed by atoms with Gasteiger partial charge in [-0.05, 0) is 15.9 Å². The van der Waals surface area contributed by atoms with Gasteiger partial charge in [-0.1, -0.05) is 5.16 Å². The van der Waals surface area contributed by atoms with Gasteiger partial charge in [-0.25, -0.2) is 0 Å². The van der Waals surface area contributed by atoms with E-state index in [1.807, 2.05) is 0 Å². The van der Waals surface area contributed by atoms with Gasteiger partial charge in [-0.15, -0.1) is 0 Å². The molecule has 0 aliphatic heterocycles. The first kappa shape index (κ1) is 3.87. The molecule has 0 N–H and O–H groups in total. The van der Waals surface area contributed by atoms with Crippen LogP contribution in [0, 0.1) is 0 Å². The van der Waals surface area contributed by atoms with Gasteiger partial charge in [0.05, 0.1) is 6.20 Å². The highest BCUT2D eigenvalue weighted by Gasteiger charge is 1.80. The van der Waals surface area contributed by atoms with Crippen molar-refractivity contribution < 1.29 is 4.52 Å². The van der Waals surface area contributed by atoms with Crippen molar-refractivity contribution in [3.05, 3.63) is 16.9 Å². The number of halogens is 1. The second-order valence-electron chi connectivity index (χ2n) is 0.817. The molecule has 0 saturated carbocycles. The Morgan fingerprint density at radius 3 is 2.83 bits per heavy atom. The quantitative estimate of drug-likeness (QED) is 0.556. The standard InChI is InChI=1S/C3H2BrNO/c4-3-1-2-5-6-3/h1-2H. The van der Waals surface area contributed by atoms with Gasteiger partial charge in [0.1, 0.15) is 0 Å². The molecule has 0 spiro atoms. The normalized spacial score (nSPS) is 8.83. The summed E-state index contributed by atoms with van der Waals surface area (Å²) >= 11 is 3.05. The van der Waals surface area contributed by atoms with Crippen molar-refractivity contribution in [3.8, 4) is 0 Å². The fourth-order valence-electron chi connectivity index (χ4n) is 0.200. The van der Waals surface area contributed by atoms with E-state index in [2.05, 4.69) is 25.6 Å². The first-order valence-corrected chi connectivity index (χ1v) is 2.25. The Morgan fingerprint density at radius 2 is 2.67 bits per heavy atom. The van der Waals surface area contributed by atoms with Crippen LogP contribution >= 0.6 is 15.9 Å². The van der Waals surface area contributed by atoms with Gasteiger partial charge in [0.15, 0.2) is 0 Å². The third-order valence-corrected chi connectivity index (χ3v) is 0.815. The summed E-state index contributed by atoms with van der Waals surface area (Å²) in [6.07, 6.45) is 1.57. The van der Waals surface area contributed by atoms with Crippen molar-refractivity contribution in [1.29, 1.82) is 0 Å². The summed E-state index contributed by atoms with van der Waals surface area (Å²) in [5.41, 5.74) is 0. The fourth-order valence-corrected chi connectivity index (χ4v) is 0.402. The zero-order valence-electron chi connectivity index (χ0n) is 2.89. The lowest BCUT2D eigenvalue weighted by molar-refractivity contribution is 0.400. The van der Waals surface area contributed by atoms with E-state index in [1.165, 1.54) is 0 Å². The van der Waals surface area contributed by atoms with Gasteiger partial charge in [0.2, 0.25) is 4.67 Å². The van der Waals surface area contributed by atoms with Crippen LogP contribution in [0.2, 0.25) is 0 Å². The Kier molecular flexibility index (Phi) is 0.919. The van der Waals surface area contributed by atoms with E-state index in [9.17, 15) is 0 Å². The van der Waals surface area contributed by atoms with Gasteiger partial charge in [0, 0.05) is 6.07 Å². The number of hydrogen-bond acceptors (Lipinski definition) is 2. The lowest BCUT2D eigenvalue weighted by atomic mass is 10.8.